The number of methoxy groups -OCH3 is 1. The van der Waals surface area contributed by atoms with E-state index >= 15 is 0 Å². The van der Waals surface area contributed by atoms with Crippen LogP contribution in [0.25, 0.3) is 0 Å². The van der Waals surface area contributed by atoms with Crippen molar-refractivity contribution in [1.29, 1.82) is 0 Å². The molecule has 2 aromatic carbocycles. The number of hydrogen-bond donors (Lipinski definition) is 1. The van der Waals surface area contributed by atoms with Gasteiger partial charge in [-0.15, -0.1) is 0 Å². The number of nitrogens with one attached hydrogen (secondary N) is 1. The first-order valence-corrected chi connectivity index (χ1v) is 7.14. The van der Waals surface area contributed by atoms with Crippen molar-refractivity contribution in [3.8, 4) is 5.75 Å². The Kier molecular flexibility index (Phi) is 4.08. The van der Waals surface area contributed by atoms with Gasteiger partial charge in [0.2, 0.25) is 0 Å². The van der Waals surface area contributed by atoms with Gasteiger partial charge in [0.15, 0.2) is 17.5 Å². The number of para-hydroxylation sites is 1. The van der Waals surface area contributed by atoms with E-state index in [9.17, 15) is 21.6 Å². The normalized spacial score (nSPS) is 11.2. The Bertz CT molecular complexity index is 778. The minimum absolute atomic E-state index is 0.0352. The lowest BCUT2D eigenvalue weighted by Crippen LogP contribution is -2.15. The fraction of sp³-hybridized carbons (Fsp3) is 0.0769. The molecule has 2 aromatic rings. The van der Waals surface area contributed by atoms with Gasteiger partial charge < -0.3 is 4.74 Å². The summed E-state index contributed by atoms with van der Waals surface area (Å²) in [4.78, 5) is -0.253. The molecule has 0 bridgehead atoms. The summed E-state index contributed by atoms with van der Waals surface area (Å²) in [7, 11) is -2.94. The van der Waals surface area contributed by atoms with Gasteiger partial charge >= 0.3 is 0 Å². The first kappa shape index (κ1) is 15.2. The van der Waals surface area contributed by atoms with Gasteiger partial charge in [0.05, 0.1) is 12.8 Å². The third-order valence-electron chi connectivity index (χ3n) is 2.64. The van der Waals surface area contributed by atoms with E-state index in [1.165, 1.54) is 25.3 Å². The second-order valence-electron chi connectivity index (χ2n) is 3.98. The maximum absolute atomic E-state index is 13.5. The monoisotopic (exact) mass is 317 g/mol. The molecular weight excluding hydrogens is 307 g/mol. The Morgan fingerprint density at radius 2 is 1.67 bits per heavy atom. The maximum Gasteiger partial charge on any atom is 0.265 e. The van der Waals surface area contributed by atoms with Crippen molar-refractivity contribution in [3.05, 3.63) is 53.8 Å². The molecule has 21 heavy (non-hydrogen) atoms. The number of anilines is 1. The molecule has 0 saturated carbocycles. The highest BCUT2D eigenvalue weighted by molar-refractivity contribution is 7.92. The van der Waals surface area contributed by atoms with Crippen LogP contribution in [-0.4, -0.2) is 15.5 Å². The van der Waals surface area contributed by atoms with Crippen LogP contribution in [-0.2, 0) is 10.0 Å². The van der Waals surface area contributed by atoms with Crippen molar-refractivity contribution in [2.75, 3.05) is 11.8 Å². The van der Waals surface area contributed by atoms with Gasteiger partial charge in [-0.25, -0.2) is 21.6 Å². The maximum atomic E-state index is 13.5. The zero-order chi connectivity index (χ0) is 15.6. The van der Waals surface area contributed by atoms with Crippen molar-refractivity contribution in [2.45, 2.75) is 4.90 Å². The molecule has 0 aliphatic rings. The van der Waals surface area contributed by atoms with Crippen LogP contribution in [0.1, 0.15) is 0 Å². The highest BCUT2D eigenvalue weighted by Crippen LogP contribution is 2.27. The highest BCUT2D eigenvalue weighted by atomic mass is 32.2. The van der Waals surface area contributed by atoms with Gasteiger partial charge in [-0.05, 0) is 24.3 Å². The average Bonchev–Trinajstić information content (AvgIpc) is 2.48. The lowest BCUT2D eigenvalue weighted by Gasteiger charge is -2.12. The molecule has 0 aromatic heterocycles. The van der Waals surface area contributed by atoms with Gasteiger partial charge in [0, 0.05) is 0 Å². The van der Waals surface area contributed by atoms with Crippen LogP contribution < -0.4 is 9.46 Å². The molecule has 0 aliphatic carbocycles. The molecule has 0 fully saturated rings. The number of rotatable bonds is 4. The van der Waals surface area contributed by atoms with Crippen LogP contribution in [0.15, 0.2) is 41.3 Å². The van der Waals surface area contributed by atoms with Crippen LogP contribution >= 0.6 is 0 Å². The molecule has 0 aliphatic heterocycles. The molecule has 0 amide bonds. The number of benzene rings is 2. The zero-order valence-corrected chi connectivity index (χ0v) is 11.5. The topological polar surface area (TPSA) is 55.4 Å². The van der Waals surface area contributed by atoms with Crippen molar-refractivity contribution in [2.24, 2.45) is 0 Å². The number of sulfonamides is 1. The molecule has 0 saturated heterocycles. The summed E-state index contributed by atoms with van der Waals surface area (Å²) in [5.41, 5.74) is -0.695. The summed E-state index contributed by atoms with van der Waals surface area (Å²) >= 11 is 0. The Morgan fingerprint density at radius 1 is 1.00 bits per heavy atom. The molecule has 0 atom stereocenters. The Balaban J connectivity index is 2.45. The van der Waals surface area contributed by atoms with E-state index in [1.54, 1.807) is 6.07 Å². The second-order valence-corrected chi connectivity index (χ2v) is 5.63. The van der Waals surface area contributed by atoms with Crippen LogP contribution in [0.3, 0.4) is 0 Å². The molecule has 1 N–H and O–H groups in total. The van der Waals surface area contributed by atoms with E-state index in [1.807, 2.05) is 4.72 Å². The van der Waals surface area contributed by atoms with E-state index < -0.39 is 33.2 Å². The highest BCUT2D eigenvalue weighted by Gasteiger charge is 2.22. The number of hydrogen-bond acceptors (Lipinski definition) is 3. The minimum atomic E-state index is -4.21. The molecule has 0 heterocycles. The minimum Gasteiger partial charge on any atom is -0.495 e. The number of ether oxygens (including phenoxy) is 1. The van der Waals surface area contributed by atoms with Crippen LogP contribution in [0.4, 0.5) is 18.9 Å². The van der Waals surface area contributed by atoms with Crippen LogP contribution in [0.5, 0.6) is 5.75 Å². The first-order valence-electron chi connectivity index (χ1n) is 5.66. The SMILES string of the molecule is COc1ccccc1S(=O)(=O)Nc1ccc(F)c(F)c1F. The molecule has 0 unspecified atom stereocenters. The summed E-state index contributed by atoms with van der Waals surface area (Å²) in [6.07, 6.45) is 0. The first-order chi connectivity index (χ1) is 9.86. The number of halogens is 3. The van der Waals surface area contributed by atoms with Crippen molar-refractivity contribution in [3.63, 3.8) is 0 Å². The average molecular weight is 317 g/mol. The molecular formula is C13H10F3NO3S. The molecule has 8 heteroatoms. The van der Waals surface area contributed by atoms with Crippen molar-refractivity contribution >= 4 is 15.7 Å². The fourth-order valence-corrected chi connectivity index (χ4v) is 2.88. The van der Waals surface area contributed by atoms with Gasteiger partial charge in [-0.3, -0.25) is 4.72 Å². The fourth-order valence-electron chi connectivity index (χ4n) is 1.65. The lowest BCUT2D eigenvalue weighted by molar-refractivity contribution is 0.403. The summed E-state index contributed by atoms with van der Waals surface area (Å²) in [6.45, 7) is 0. The van der Waals surface area contributed by atoms with Crippen molar-refractivity contribution in [1.82, 2.24) is 0 Å². The second kappa shape index (κ2) is 5.65. The molecule has 0 spiro atoms. The van der Waals surface area contributed by atoms with Gasteiger partial charge in [0.25, 0.3) is 10.0 Å². The van der Waals surface area contributed by atoms with E-state index in [-0.39, 0.29) is 10.6 Å². The summed E-state index contributed by atoms with van der Waals surface area (Å²) in [5.74, 6) is -4.75. The molecule has 2 rings (SSSR count). The Hall–Kier alpha value is -2.22. The third kappa shape index (κ3) is 2.94. The van der Waals surface area contributed by atoms with E-state index in [0.717, 1.165) is 6.07 Å². The molecule has 112 valence electrons. The molecule has 4 nitrogen and oxygen atoms in total. The summed E-state index contributed by atoms with van der Waals surface area (Å²) in [6, 6.07) is 7.04. The zero-order valence-electron chi connectivity index (χ0n) is 10.7. The van der Waals surface area contributed by atoms with E-state index in [0.29, 0.717) is 6.07 Å². The van der Waals surface area contributed by atoms with Crippen molar-refractivity contribution < 1.29 is 26.3 Å². The predicted molar refractivity (Wildman–Crippen MR) is 70.1 cm³/mol. The van der Waals surface area contributed by atoms with Gasteiger partial charge in [-0.2, -0.15) is 0 Å². The Labute approximate surface area is 119 Å². The molecule has 0 radical (unpaired) electrons. The summed E-state index contributed by atoms with van der Waals surface area (Å²) < 4.78 is 70.5. The lowest BCUT2D eigenvalue weighted by atomic mass is 10.3. The quantitative estimate of drug-likeness (QED) is 0.882. The predicted octanol–water partition coefficient (Wildman–Crippen LogP) is 2.91. The third-order valence-corrected chi connectivity index (χ3v) is 4.04. The van der Waals surface area contributed by atoms with Gasteiger partial charge in [0.1, 0.15) is 10.6 Å². The van der Waals surface area contributed by atoms with Crippen LogP contribution in [0.2, 0.25) is 0 Å². The smallest absolute Gasteiger partial charge is 0.265 e. The standard InChI is InChI=1S/C13H10F3NO3S/c1-20-10-4-2-3-5-11(10)21(18,19)17-9-7-6-8(14)12(15)13(9)16/h2-7,17H,1H3. The van der Waals surface area contributed by atoms with E-state index in [2.05, 4.69) is 0 Å². The largest absolute Gasteiger partial charge is 0.495 e. The van der Waals surface area contributed by atoms with E-state index in [4.69, 9.17) is 4.74 Å². The van der Waals surface area contributed by atoms with Gasteiger partial charge in [-0.1, -0.05) is 12.1 Å². The Morgan fingerprint density at radius 3 is 2.33 bits per heavy atom. The summed E-state index contributed by atoms with van der Waals surface area (Å²) in [5, 5.41) is 0. The van der Waals surface area contributed by atoms with Crippen LogP contribution in [0, 0.1) is 17.5 Å².